The van der Waals surface area contributed by atoms with Gasteiger partial charge in [-0.25, -0.2) is 9.37 Å². The van der Waals surface area contributed by atoms with Crippen LogP contribution in [-0.4, -0.2) is 16.7 Å². The number of carbonyl (C=O) groups excluding carboxylic acids is 2. The molecule has 1 aliphatic carbocycles. The number of nitrogens with one attached hydrogen (secondary N) is 1. The topological polar surface area (TPSA) is 59.1 Å². The Hall–Kier alpha value is -1.50. The molecule has 22 heavy (non-hydrogen) atoms. The number of carbonyl (C=O) groups is 2. The standard InChI is InChI=1S/C14H9Cl2FN2O2S/c15-7-5-8(16)9(17)4-6(7)13(21)19-14-18-10-2-1-3-11(20)12(10)22-14/h4-5H,1-3H2,(H,18,19,21). The average Bonchev–Trinajstić information content (AvgIpc) is 2.86. The summed E-state index contributed by atoms with van der Waals surface area (Å²) in [5, 5.41) is 2.74. The Kier molecular flexibility index (Phi) is 4.16. The summed E-state index contributed by atoms with van der Waals surface area (Å²) in [6.45, 7) is 0. The van der Waals surface area contributed by atoms with Crippen LogP contribution in [0.5, 0.6) is 0 Å². The molecule has 0 radical (unpaired) electrons. The minimum Gasteiger partial charge on any atom is -0.298 e. The molecule has 0 fully saturated rings. The molecule has 0 saturated heterocycles. The largest absolute Gasteiger partial charge is 0.298 e. The number of benzene rings is 1. The van der Waals surface area contributed by atoms with E-state index >= 15 is 0 Å². The van der Waals surface area contributed by atoms with E-state index in [9.17, 15) is 14.0 Å². The first-order valence-electron chi connectivity index (χ1n) is 6.44. The first-order valence-corrected chi connectivity index (χ1v) is 8.01. The van der Waals surface area contributed by atoms with Gasteiger partial charge in [-0.3, -0.25) is 14.9 Å². The number of amides is 1. The number of anilines is 1. The number of Topliss-reactive ketones (excluding diaryl/α,β-unsaturated/α-hetero) is 1. The molecular formula is C14H9Cl2FN2O2S. The van der Waals surface area contributed by atoms with Crippen LogP contribution in [0, 0.1) is 5.82 Å². The lowest BCUT2D eigenvalue weighted by Gasteiger charge is -2.06. The Morgan fingerprint density at radius 3 is 2.77 bits per heavy atom. The highest BCUT2D eigenvalue weighted by molar-refractivity contribution is 7.17. The lowest BCUT2D eigenvalue weighted by atomic mass is 10.0. The van der Waals surface area contributed by atoms with Crippen molar-refractivity contribution in [1.82, 2.24) is 4.98 Å². The molecule has 0 saturated carbocycles. The van der Waals surface area contributed by atoms with Crippen molar-refractivity contribution >= 4 is 51.4 Å². The molecule has 1 aromatic heterocycles. The van der Waals surface area contributed by atoms with Gasteiger partial charge in [0.15, 0.2) is 10.9 Å². The number of rotatable bonds is 2. The number of hydrogen-bond donors (Lipinski definition) is 1. The van der Waals surface area contributed by atoms with E-state index in [0.29, 0.717) is 28.5 Å². The minimum absolute atomic E-state index is 0.0369. The normalized spacial score (nSPS) is 13.9. The molecule has 8 heteroatoms. The third kappa shape index (κ3) is 2.86. The summed E-state index contributed by atoms with van der Waals surface area (Å²) in [5.41, 5.74) is 0.660. The molecule has 1 N–H and O–H groups in total. The number of aryl methyl sites for hydroxylation is 1. The number of halogens is 3. The number of fused-ring (bicyclic) bond motifs is 1. The lowest BCUT2D eigenvalue weighted by Crippen LogP contribution is -2.13. The van der Waals surface area contributed by atoms with Crippen LogP contribution < -0.4 is 5.32 Å². The first-order chi connectivity index (χ1) is 10.5. The van der Waals surface area contributed by atoms with Gasteiger partial charge in [-0.15, -0.1) is 0 Å². The Morgan fingerprint density at radius 1 is 1.27 bits per heavy atom. The molecule has 1 amide bonds. The molecule has 114 valence electrons. The predicted molar refractivity (Wildman–Crippen MR) is 83.8 cm³/mol. The van der Waals surface area contributed by atoms with Gasteiger partial charge in [-0.1, -0.05) is 34.5 Å². The van der Waals surface area contributed by atoms with E-state index in [2.05, 4.69) is 10.3 Å². The van der Waals surface area contributed by atoms with Crippen LogP contribution in [0.3, 0.4) is 0 Å². The van der Waals surface area contributed by atoms with Crippen LogP contribution in [0.15, 0.2) is 12.1 Å². The van der Waals surface area contributed by atoms with Gasteiger partial charge >= 0.3 is 0 Å². The quantitative estimate of drug-likeness (QED) is 0.811. The highest BCUT2D eigenvalue weighted by atomic mass is 35.5. The molecule has 1 aliphatic rings. The summed E-state index contributed by atoms with van der Waals surface area (Å²) in [4.78, 5) is 28.8. The van der Waals surface area contributed by atoms with Crippen molar-refractivity contribution in [3.05, 3.63) is 44.1 Å². The van der Waals surface area contributed by atoms with E-state index < -0.39 is 11.7 Å². The van der Waals surface area contributed by atoms with E-state index in [4.69, 9.17) is 23.2 Å². The van der Waals surface area contributed by atoms with Crippen LogP contribution >= 0.6 is 34.5 Å². The summed E-state index contributed by atoms with van der Waals surface area (Å²) in [6, 6.07) is 2.14. The molecule has 0 spiro atoms. The Bertz CT molecular complexity index is 791. The first kappa shape index (κ1) is 15.4. The van der Waals surface area contributed by atoms with Gasteiger partial charge in [-0.05, 0) is 25.0 Å². The van der Waals surface area contributed by atoms with E-state index in [1.165, 1.54) is 6.07 Å². The van der Waals surface area contributed by atoms with Gasteiger partial charge in [0.25, 0.3) is 5.91 Å². The zero-order valence-corrected chi connectivity index (χ0v) is 13.4. The average molecular weight is 359 g/mol. The molecule has 0 bridgehead atoms. The Balaban J connectivity index is 1.86. The highest BCUT2D eigenvalue weighted by Crippen LogP contribution is 2.31. The molecule has 3 rings (SSSR count). The van der Waals surface area contributed by atoms with Crippen LogP contribution in [0.25, 0.3) is 0 Å². The van der Waals surface area contributed by atoms with Crippen molar-refractivity contribution in [3.63, 3.8) is 0 Å². The molecule has 0 unspecified atom stereocenters. The number of thiazole rings is 1. The number of hydrogen-bond acceptors (Lipinski definition) is 4. The summed E-state index contributed by atoms with van der Waals surface area (Å²) in [7, 11) is 0. The summed E-state index contributed by atoms with van der Waals surface area (Å²) in [5.74, 6) is -1.29. The van der Waals surface area contributed by atoms with E-state index in [0.717, 1.165) is 23.8 Å². The van der Waals surface area contributed by atoms with E-state index in [1.807, 2.05) is 0 Å². The molecule has 4 nitrogen and oxygen atoms in total. The minimum atomic E-state index is -0.732. The molecule has 1 heterocycles. The second-order valence-corrected chi connectivity index (χ2v) is 6.59. The summed E-state index contributed by atoms with van der Waals surface area (Å²) >= 11 is 12.6. The second-order valence-electron chi connectivity index (χ2n) is 4.77. The number of nitrogens with zero attached hydrogens (tertiary/aromatic N) is 1. The van der Waals surface area contributed by atoms with Crippen molar-refractivity contribution in [3.8, 4) is 0 Å². The Labute approximate surface area is 139 Å². The SMILES string of the molecule is O=C(Nc1nc2c(s1)C(=O)CCC2)c1cc(F)c(Cl)cc1Cl. The molecule has 2 aromatic rings. The van der Waals surface area contributed by atoms with Gasteiger partial charge in [0, 0.05) is 6.42 Å². The monoisotopic (exact) mass is 358 g/mol. The van der Waals surface area contributed by atoms with Crippen molar-refractivity contribution in [2.75, 3.05) is 5.32 Å². The zero-order chi connectivity index (χ0) is 15.9. The maximum absolute atomic E-state index is 13.5. The fraction of sp³-hybridized carbons (Fsp3) is 0.214. The van der Waals surface area contributed by atoms with Gasteiger partial charge in [0.1, 0.15) is 5.82 Å². The molecular weight excluding hydrogens is 350 g/mol. The van der Waals surface area contributed by atoms with E-state index in [1.54, 1.807) is 0 Å². The fourth-order valence-electron chi connectivity index (χ4n) is 2.18. The second kappa shape index (κ2) is 5.95. The van der Waals surface area contributed by atoms with Crippen molar-refractivity contribution < 1.29 is 14.0 Å². The molecule has 0 aliphatic heterocycles. The summed E-state index contributed by atoms with van der Waals surface area (Å²) < 4.78 is 13.5. The van der Waals surface area contributed by atoms with Gasteiger partial charge < -0.3 is 0 Å². The zero-order valence-electron chi connectivity index (χ0n) is 11.1. The van der Waals surface area contributed by atoms with Crippen LogP contribution in [-0.2, 0) is 6.42 Å². The molecule has 0 atom stereocenters. The fourth-order valence-corrected chi connectivity index (χ4v) is 3.63. The van der Waals surface area contributed by atoms with Crippen LogP contribution in [0.4, 0.5) is 9.52 Å². The highest BCUT2D eigenvalue weighted by Gasteiger charge is 2.23. The summed E-state index contributed by atoms with van der Waals surface area (Å²) in [6.07, 6.45) is 1.97. The van der Waals surface area contributed by atoms with Crippen molar-refractivity contribution in [2.24, 2.45) is 0 Å². The van der Waals surface area contributed by atoms with Crippen LogP contribution in [0.1, 0.15) is 38.6 Å². The van der Waals surface area contributed by atoms with Crippen molar-refractivity contribution in [1.29, 1.82) is 0 Å². The number of ketones is 1. The Morgan fingerprint density at radius 2 is 2.05 bits per heavy atom. The van der Waals surface area contributed by atoms with Gasteiger partial charge in [-0.2, -0.15) is 0 Å². The smallest absolute Gasteiger partial charge is 0.259 e. The number of aromatic nitrogens is 1. The van der Waals surface area contributed by atoms with E-state index in [-0.39, 0.29) is 21.4 Å². The van der Waals surface area contributed by atoms with Crippen LogP contribution in [0.2, 0.25) is 10.0 Å². The van der Waals surface area contributed by atoms with Gasteiger partial charge in [0.2, 0.25) is 0 Å². The predicted octanol–water partition coefficient (Wildman–Crippen LogP) is 4.36. The third-order valence-electron chi connectivity index (χ3n) is 3.24. The molecule has 1 aromatic carbocycles. The van der Waals surface area contributed by atoms with Gasteiger partial charge in [0.05, 0.1) is 26.2 Å². The maximum atomic E-state index is 13.5. The van der Waals surface area contributed by atoms with Crippen molar-refractivity contribution in [2.45, 2.75) is 19.3 Å². The maximum Gasteiger partial charge on any atom is 0.259 e. The lowest BCUT2D eigenvalue weighted by molar-refractivity contribution is 0.0975. The third-order valence-corrected chi connectivity index (χ3v) is 4.90.